The second-order valence-electron chi connectivity index (χ2n) is 3.35. The highest BCUT2D eigenvalue weighted by Crippen LogP contribution is 2.10. The second-order valence-corrected chi connectivity index (χ2v) is 3.35. The molecule has 0 radical (unpaired) electrons. The van der Waals surface area contributed by atoms with Crippen LogP contribution >= 0.6 is 0 Å². The van der Waals surface area contributed by atoms with Crippen molar-refractivity contribution < 1.29 is 9.84 Å². The van der Waals surface area contributed by atoms with Crippen LogP contribution in [0, 0.1) is 20.8 Å². The lowest BCUT2D eigenvalue weighted by atomic mass is 10.2. The molecule has 0 unspecified atom stereocenters. The van der Waals surface area contributed by atoms with Gasteiger partial charge in [-0.15, -0.1) is 0 Å². The van der Waals surface area contributed by atoms with Crippen molar-refractivity contribution in [2.75, 3.05) is 19.8 Å². The molecule has 0 spiro atoms. The first-order valence-electron chi connectivity index (χ1n) is 4.86. The first-order valence-corrected chi connectivity index (χ1v) is 4.86. The topological polar surface area (TPSA) is 47.3 Å². The molecule has 0 aromatic carbocycles. The van der Waals surface area contributed by atoms with E-state index in [1.165, 1.54) is 11.3 Å². The van der Waals surface area contributed by atoms with Crippen LogP contribution in [0.3, 0.4) is 0 Å². The fourth-order valence-corrected chi connectivity index (χ4v) is 1.32. The SMILES string of the molecule is Cc1nn(CCOCCO)c(C)c1C. The van der Waals surface area contributed by atoms with Crippen LogP contribution in [0.5, 0.6) is 0 Å². The zero-order valence-electron chi connectivity index (χ0n) is 9.08. The Morgan fingerprint density at radius 1 is 1.29 bits per heavy atom. The molecule has 0 aliphatic carbocycles. The minimum atomic E-state index is 0.0795. The Morgan fingerprint density at radius 3 is 2.50 bits per heavy atom. The number of aliphatic hydroxyl groups excluding tert-OH is 1. The minimum Gasteiger partial charge on any atom is -0.394 e. The average Bonchev–Trinajstić information content (AvgIpc) is 2.41. The van der Waals surface area contributed by atoms with Crippen molar-refractivity contribution in [3.8, 4) is 0 Å². The van der Waals surface area contributed by atoms with E-state index in [0.717, 1.165) is 12.2 Å². The Hall–Kier alpha value is -0.870. The highest BCUT2D eigenvalue weighted by molar-refractivity contribution is 5.21. The van der Waals surface area contributed by atoms with Crippen molar-refractivity contribution in [3.05, 3.63) is 17.0 Å². The Labute approximate surface area is 84.5 Å². The lowest BCUT2D eigenvalue weighted by molar-refractivity contribution is 0.0850. The fourth-order valence-electron chi connectivity index (χ4n) is 1.32. The van der Waals surface area contributed by atoms with Gasteiger partial charge in [-0.2, -0.15) is 5.10 Å². The van der Waals surface area contributed by atoms with E-state index in [2.05, 4.69) is 18.9 Å². The molecule has 14 heavy (non-hydrogen) atoms. The maximum atomic E-state index is 8.52. The van der Waals surface area contributed by atoms with Gasteiger partial charge in [-0.3, -0.25) is 4.68 Å². The summed E-state index contributed by atoms with van der Waals surface area (Å²) < 4.78 is 7.13. The number of rotatable bonds is 5. The van der Waals surface area contributed by atoms with Crippen LogP contribution in [0.2, 0.25) is 0 Å². The van der Waals surface area contributed by atoms with Gasteiger partial charge in [-0.05, 0) is 26.3 Å². The van der Waals surface area contributed by atoms with Gasteiger partial charge in [0.15, 0.2) is 0 Å². The van der Waals surface area contributed by atoms with Crippen molar-refractivity contribution in [3.63, 3.8) is 0 Å². The third kappa shape index (κ3) is 2.56. The van der Waals surface area contributed by atoms with Crippen LogP contribution in [0.4, 0.5) is 0 Å². The Morgan fingerprint density at radius 2 is 2.00 bits per heavy atom. The number of aromatic nitrogens is 2. The standard InChI is InChI=1S/C10H18N2O2/c1-8-9(2)11-12(10(8)3)4-6-14-7-5-13/h13H,4-7H2,1-3H3. The van der Waals surface area contributed by atoms with Gasteiger partial charge in [0.05, 0.1) is 32.1 Å². The zero-order chi connectivity index (χ0) is 10.6. The molecule has 4 nitrogen and oxygen atoms in total. The molecule has 0 aliphatic rings. The molecule has 0 aliphatic heterocycles. The summed E-state index contributed by atoms with van der Waals surface area (Å²) in [6.45, 7) is 7.97. The first-order chi connectivity index (χ1) is 6.66. The fraction of sp³-hybridized carbons (Fsp3) is 0.700. The molecule has 1 aromatic heterocycles. The Bertz CT molecular complexity index is 295. The Balaban J connectivity index is 2.47. The van der Waals surface area contributed by atoms with Gasteiger partial charge in [-0.1, -0.05) is 0 Å². The van der Waals surface area contributed by atoms with Crippen LogP contribution in [-0.4, -0.2) is 34.7 Å². The van der Waals surface area contributed by atoms with E-state index >= 15 is 0 Å². The van der Waals surface area contributed by atoms with Gasteiger partial charge in [0.25, 0.3) is 0 Å². The van der Waals surface area contributed by atoms with Crippen molar-refractivity contribution >= 4 is 0 Å². The molecule has 0 bridgehead atoms. The van der Waals surface area contributed by atoms with Crippen LogP contribution in [0.15, 0.2) is 0 Å². The molecule has 1 heterocycles. The molecular formula is C10H18N2O2. The van der Waals surface area contributed by atoms with E-state index in [-0.39, 0.29) is 6.61 Å². The number of nitrogens with zero attached hydrogens (tertiary/aromatic N) is 2. The lowest BCUT2D eigenvalue weighted by Gasteiger charge is -2.04. The van der Waals surface area contributed by atoms with Gasteiger partial charge in [0, 0.05) is 5.69 Å². The molecule has 1 N–H and O–H groups in total. The lowest BCUT2D eigenvalue weighted by Crippen LogP contribution is -2.10. The third-order valence-corrected chi connectivity index (χ3v) is 2.43. The first kappa shape index (κ1) is 11.2. The monoisotopic (exact) mass is 198 g/mol. The molecule has 80 valence electrons. The summed E-state index contributed by atoms with van der Waals surface area (Å²) in [5, 5.41) is 12.9. The molecule has 0 saturated heterocycles. The van der Waals surface area contributed by atoms with E-state index in [4.69, 9.17) is 9.84 Å². The highest BCUT2D eigenvalue weighted by Gasteiger charge is 2.05. The maximum Gasteiger partial charge on any atom is 0.0698 e. The van der Waals surface area contributed by atoms with E-state index in [1.807, 2.05) is 11.6 Å². The summed E-state index contributed by atoms with van der Waals surface area (Å²) in [5.74, 6) is 0. The van der Waals surface area contributed by atoms with Crippen molar-refractivity contribution in [1.82, 2.24) is 9.78 Å². The van der Waals surface area contributed by atoms with Gasteiger partial charge in [0.1, 0.15) is 0 Å². The summed E-state index contributed by atoms with van der Waals surface area (Å²) in [4.78, 5) is 0. The highest BCUT2D eigenvalue weighted by atomic mass is 16.5. The summed E-state index contributed by atoms with van der Waals surface area (Å²) in [6, 6.07) is 0. The van der Waals surface area contributed by atoms with Crippen LogP contribution < -0.4 is 0 Å². The number of ether oxygens (including phenoxy) is 1. The van der Waals surface area contributed by atoms with E-state index in [0.29, 0.717) is 13.2 Å². The van der Waals surface area contributed by atoms with Crippen molar-refractivity contribution in [2.24, 2.45) is 0 Å². The number of hydrogen-bond acceptors (Lipinski definition) is 3. The molecule has 1 aromatic rings. The third-order valence-electron chi connectivity index (χ3n) is 2.43. The van der Waals surface area contributed by atoms with Crippen LogP contribution in [-0.2, 0) is 11.3 Å². The smallest absolute Gasteiger partial charge is 0.0698 e. The number of aryl methyl sites for hydroxylation is 1. The largest absolute Gasteiger partial charge is 0.394 e. The average molecular weight is 198 g/mol. The van der Waals surface area contributed by atoms with E-state index in [9.17, 15) is 0 Å². The maximum absolute atomic E-state index is 8.52. The summed E-state index contributed by atoms with van der Waals surface area (Å²) in [7, 11) is 0. The van der Waals surface area contributed by atoms with Crippen LogP contribution in [0.25, 0.3) is 0 Å². The van der Waals surface area contributed by atoms with Crippen molar-refractivity contribution in [1.29, 1.82) is 0 Å². The molecule has 1 rings (SSSR count). The summed E-state index contributed by atoms with van der Waals surface area (Å²) in [5.41, 5.74) is 3.51. The normalized spacial score (nSPS) is 10.9. The minimum absolute atomic E-state index is 0.0795. The van der Waals surface area contributed by atoms with Gasteiger partial charge < -0.3 is 9.84 Å². The van der Waals surface area contributed by atoms with Gasteiger partial charge in [-0.25, -0.2) is 0 Å². The molecule has 4 heteroatoms. The molecular weight excluding hydrogens is 180 g/mol. The van der Waals surface area contributed by atoms with Crippen molar-refractivity contribution in [2.45, 2.75) is 27.3 Å². The molecule has 0 fully saturated rings. The molecule has 0 atom stereocenters. The second kappa shape index (κ2) is 5.12. The van der Waals surface area contributed by atoms with Crippen LogP contribution in [0.1, 0.15) is 17.0 Å². The summed E-state index contributed by atoms with van der Waals surface area (Å²) >= 11 is 0. The quantitative estimate of drug-likeness (QED) is 0.712. The zero-order valence-corrected chi connectivity index (χ0v) is 9.08. The molecule has 0 saturated carbocycles. The molecule has 0 amide bonds. The van der Waals surface area contributed by atoms with Gasteiger partial charge in [0.2, 0.25) is 0 Å². The Kier molecular flexibility index (Phi) is 4.10. The van der Waals surface area contributed by atoms with Gasteiger partial charge >= 0.3 is 0 Å². The number of aliphatic hydroxyl groups is 1. The predicted molar refractivity (Wildman–Crippen MR) is 54.3 cm³/mol. The summed E-state index contributed by atoms with van der Waals surface area (Å²) in [6.07, 6.45) is 0. The number of hydrogen-bond donors (Lipinski definition) is 1. The van der Waals surface area contributed by atoms with E-state index < -0.39 is 0 Å². The van der Waals surface area contributed by atoms with E-state index in [1.54, 1.807) is 0 Å². The predicted octanol–water partition coefficient (Wildman–Crippen LogP) is 0.817.